The van der Waals surface area contributed by atoms with Gasteiger partial charge in [0.25, 0.3) is 0 Å². The molecule has 0 saturated heterocycles. The molecule has 1 aromatic heterocycles. The Morgan fingerprint density at radius 3 is 2.50 bits per heavy atom. The van der Waals surface area contributed by atoms with Gasteiger partial charge in [-0.1, -0.05) is 0 Å². The fraction of sp³-hybridized carbons (Fsp3) is 0.200. The summed E-state index contributed by atoms with van der Waals surface area (Å²) in [4.78, 5) is 0. The summed E-state index contributed by atoms with van der Waals surface area (Å²) in [5.74, 6) is -1.41. The minimum absolute atomic E-state index is 0.0177. The molecule has 0 aliphatic heterocycles. The smallest absolute Gasteiger partial charge is 0.419 e. The molecule has 0 radical (unpaired) electrons. The van der Waals surface area contributed by atoms with Gasteiger partial charge < -0.3 is 10.2 Å². The zero-order valence-electron chi connectivity index (χ0n) is 8.83. The molecule has 0 amide bonds. The number of alkyl halides is 3. The van der Waals surface area contributed by atoms with E-state index in [4.69, 9.17) is 10.2 Å². The van der Waals surface area contributed by atoms with E-state index in [1.165, 1.54) is 0 Å². The molecular weight excluding hydrogens is 254 g/mol. The van der Waals surface area contributed by atoms with E-state index >= 15 is 0 Å². The Bertz CT molecular complexity index is 564. The van der Waals surface area contributed by atoms with Gasteiger partial charge in [0.05, 0.1) is 12.1 Å². The number of hydrogen-bond acceptors (Lipinski definition) is 4. The Hall–Kier alpha value is -1.96. The molecule has 96 valence electrons. The standard InChI is InChI=1S/C10H7F4N3O/c11-7-2-1-5(3-6(7)10(12,13)14)9-17-16-8(4-15)18-9/h1-3H,4,15H2. The molecule has 4 nitrogen and oxygen atoms in total. The molecule has 0 spiro atoms. The predicted molar refractivity (Wildman–Crippen MR) is 52.6 cm³/mol. The lowest BCUT2D eigenvalue weighted by Crippen LogP contribution is -2.08. The van der Waals surface area contributed by atoms with Gasteiger partial charge in [-0.2, -0.15) is 13.2 Å². The van der Waals surface area contributed by atoms with Crippen molar-refractivity contribution >= 4 is 0 Å². The lowest BCUT2D eigenvalue weighted by atomic mass is 10.1. The van der Waals surface area contributed by atoms with Gasteiger partial charge in [-0.25, -0.2) is 4.39 Å². The van der Waals surface area contributed by atoms with Crippen LogP contribution in [0.1, 0.15) is 11.5 Å². The molecule has 2 aromatic rings. The average Bonchev–Trinajstić information content (AvgIpc) is 2.76. The first kappa shape index (κ1) is 12.5. The summed E-state index contributed by atoms with van der Waals surface area (Å²) in [6.07, 6.45) is -4.78. The molecular formula is C10H7F4N3O. The number of aromatic nitrogens is 2. The third-order valence-electron chi connectivity index (χ3n) is 2.16. The van der Waals surface area contributed by atoms with Crippen LogP contribution in [-0.2, 0) is 12.7 Å². The Morgan fingerprint density at radius 2 is 1.94 bits per heavy atom. The summed E-state index contributed by atoms with van der Waals surface area (Å²) in [6, 6.07) is 2.44. The Labute approximate surface area is 98.4 Å². The van der Waals surface area contributed by atoms with Gasteiger partial charge >= 0.3 is 6.18 Å². The summed E-state index contributed by atoms with van der Waals surface area (Å²) in [6.45, 7) is -0.0275. The van der Waals surface area contributed by atoms with E-state index in [1.54, 1.807) is 0 Å². The van der Waals surface area contributed by atoms with Crippen molar-refractivity contribution < 1.29 is 22.0 Å². The van der Waals surface area contributed by atoms with Gasteiger partial charge in [0, 0.05) is 5.56 Å². The maximum atomic E-state index is 13.0. The van der Waals surface area contributed by atoms with Gasteiger partial charge in [-0.05, 0) is 18.2 Å². The minimum Gasteiger partial charge on any atom is -0.419 e. The number of nitrogens with two attached hydrogens (primary N) is 1. The SMILES string of the molecule is NCc1nnc(-c2ccc(F)c(C(F)(F)F)c2)o1. The van der Waals surface area contributed by atoms with E-state index < -0.39 is 17.6 Å². The highest BCUT2D eigenvalue weighted by Gasteiger charge is 2.34. The largest absolute Gasteiger partial charge is 0.419 e. The van der Waals surface area contributed by atoms with E-state index in [0.29, 0.717) is 12.1 Å². The van der Waals surface area contributed by atoms with Crippen LogP contribution in [0.3, 0.4) is 0 Å². The molecule has 2 N–H and O–H groups in total. The zero-order valence-corrected chi connectivity index (χ0v) is 8.83. The summed E-state index contributed by atoms with van der Waals surface area (Å²) < 4.78 is 55.5. The van der Waals surface area contributed by atoms with Gasteiger partial charge in [-0.3, -0.25) is 0 Å². The minimum atomic E-state index is -4.78. The molecule has 0 unspecified atom stereocenters. The first-order valence-corrected chi connectivity index (χ1v) is 4.81. The molecule has 0 aliphatic carbocycles. The van der Waals surface area contributed by atoms with Crippen LogP contribution in [0.25, 0.3) is 11.5 Å². The van der Waals surface area contributed by atoms with Crippen LogP contribution in [0.4, 0.5) is 17.6 Å². The second kappa shape index (κ2) is 4.37. The molecule has 1 aromatic carbocycles. The van der Waals surface area contributed by atoms with Gasteiger partial charge in [0.15, 0.2) is 0 Å². The monoisotopic (exact) mass is 261 g/mol. The maximum absolute atomic E-state index is 13.0. The maximum Gasteiger partial charge on any atom is 0.419 e. The molecule has 0 bridgehead atoms. The second-order valence-corrected chi connectivity index (χ2v) is 3.40. The molecule has 2 rings (SSSR count). The van der Waals surface area contributed by atoms with Crippen LogP contribution < -0.4 is 5.73 Å². The van der Waals surface area contributed by atoms with Crippen molar-refractivity contribution in [1.29, 1.82) is 0 Å². The van der Waals surface area contributed by atoms with Crippen LogP contribution in [0.5, 0.6) is 0 Å². The van der Waals surface area contributed by atoms with Gasteiger partial charge in [-0.15, -0.1) is 10.2 Å². The number of benzene rings is 1. The highest BCUT2D eigenvalue weighted by atomic mass is 19.4. The first-order chi connectivity index (χ1) is 8.41. The summed E-state index contributed by atoms with van der Waals surface area (Å²) in [7, 11) is 0. The van der Waals surface area contributed by atoms with Crippen LogP contribution >= 0.6 is 0 Å². The molecule has 0 atom stereocenters. The third-order valence-corrected chi connectivity index (χ3v) is 2.16. The number of rotatable bonds is 2. The van der Waals surface area contributed by atoms with Gasteiger partial charge in [0.2, 0.25) is 11.8 Å². The van der Waals surface area contributed by atoms with E-state index in [2.05, 4.69) is 10.2 Å². The Balaban J connectivity index is 2.47. The molecule has 8 heteroatoms. The zero-order chi connectivity index (χ0) is 13.3. The van der Waals surface area contributed by atoms with Crippen LogP contribution in [0, 0.1) is 5.82 Å². The van der Waals surface area contributed by atoms with E-state index in [1.807, 2.05) is 0 Å². The number of hydrogen-bond donors (Lipinski definition) is 1. The van der Waals surface area contributed by atoms with Crippen molar-refractivity contribution in [2.45, 2.75) is 12.7 Å². The fourth-order valence-corrected chi connectivity index (χ4v) is 1.33. The molecule has 0 saturated carbocycles. The van der Waals surface area contributed by atoms with Crippen molar-refractivity contribution in [3.8, 4) is 11.5 Å². The van der Waals surface area contributed by atoms with Gasteiger partial charge in [0.1, 0.15) is 5.82 Å². The average molecular weight is 261 g/mol. The molecule has 0 aliphatic rings. The predicted octanol–water partition coefficient (Wildman–Crippen LogP) is 2.35. The second-order valence-electron chi connectivity index (χ2n) is 3.40. The molecule has 0 fully saturated rings. The Morgan fingerprint density at radius 1 is 1.22 bits per heavy atom. The van der Waals surface area contributed by atoms with Crippen molar-refractivity contribution in [3.63, 3.8) is 0 Å². The molecule has 18 heavy (non-hydrogen) atoms. The summed E-state index contributed by atoms with van der Waals surface area (Å²) in [5.41, 5.74) is 3.83. The van der Waals surface area contributed by atoms with Crippen LogP contribution in [0.2, 0.25) is 0 Å². The van der Waals surface area contributed by atoms with Crippen LogP contribution in [0.15, 0.2) is 22.6 Å². The third kappa shape index (κ3) is 2.33. The van der Waals surface area contributed by atoms with E-state index in [9.17, 15) is 17.6 Å². The lowest BCUT2D eigenvalue weighted by Gasteiger charge is -2.08. The van der Waals surface area contributed by atoms with E-state index in [0.717, 1.165) is 6.07 Å². The number of halogens is 4. The lowest BCUT2D eigenvalue weighted by molar-refractivity contribution is -0.139. The topological polar surface area (TPSA) is 64.9 Å². The quantitative estimate of drug-likeness (QED) is 0.843. The van der Waals surface area contributed by atoms with E-state index in [-0.39, 0.29) is 23.9 Å². The summed E-state index contributed by atoms with van der Waals surface area (Å²) >= 11 is 0. The highest BCUT2D eigenvalue weighted by Crippen LogP contribution is 2.33. The number of nitrogens with zero attached hydrogens (tertiary/aromatic N) is 2. The van der Waals surface area contributed by atoms with Crippen LogP contribution in [-0.4, -0.2) is 10.2 Å². The van der Waals surface area contributed by atoms with Crippen molar-refractivity contribution in [2.24, 2.45) is 5.73 Å². The van der Waals surface area contributed by atoms with Crippen molar-refractivity contribution in [1.82, 2.24) is 10.2 Å². The molecule has 1 heterocycles. The fourth-order valence-electron chi connectivity index (χ4n) is 1.33. The normalized spacial score (nSPS) is 11.8. The Kier molecular flexibility index (Phi) is 3.04. The van der Waals surface area contributed by atoms with Crippen molar-refractivity contribution in [2.75, 3.05) is 0 Å². The highest BCUT2D eigenvalue weighted by molar-refractivity contribution is 5.54. The summed E-state index contributed by atoms with van der Waals surface area (Å²) in [5, 5.41) is 7.03. The van der Waals surface area contributed by atoms with Crippen molar-refractivity contribution in [3.05, 3.63) is 35.5 Å². The first-order valence-electron chi connectivity index (χ1n) is 4.81.